The number of methoxy groups -OCH3 is 1. The van der Waals surface area contributed by atoms with Gasteiger partial charge in [-0.25, -0.2) is 0 Å². The molecule has 4 rings (SSSR count). The fourth-order valence-electron chi connectivity index (χ4n) is 3.61. The topological polar surface area (TPSA) is 32.8 Å². The number of para-hydroxylation sites is 1. The van der Waals surface area contributed by atoms with Crippen molar-refractivity contribution in [1.82, 2.24) is 4.90 Å². The van der Waals surface area contributed by atoms with Crippen molar-refractivity contribution in [3.63, 3.8) is 0 Å². The molecule has 2 aromatic carbocycles. The van der Waals surface area contributed by atoms with Gasteiger partial charge in [-0.3, -0.25) is 9.69 Å². The molecule has 4 nitrogen and oxygen atoms in total. The summed E-state index contributed by atoms with van der Waals surface area (Å²) in [6.45, 7) is 2.11. The van der Waals surface area contributed by atoms with Crippen LogP contribution in [0.1, 0.15) is 11.7 Å². The first kappa shape index (κ1) is 16.0. The largest absolute Gasteiger partial charge is 0.468 e. The SMILES string of the molecule is Br.COC(=O)CN1CCN2c3ccccc3-c3ccccc3C12. The van der Waals surface area contributed by atoms with Crippen LogP contribution in [-0.4, -0.2) is 37.6 Å². The number of carbonyl (C=O) groups is 1. The Bertz CT molecular complexity index is 734. The summed E-state index contributed by atoms with van der Waals surface area (Å²) in [5.74, 6) is -0.182. The van der Waals surface area contributed by atoms with E-state index in [9.17, 15) is 4.79 Å². The van der Waals surface area contributed by atoms with E-state index in [-0.39, 0.29) is 29.1 Å². The van der Waals surface area contributed by atoms with Gasteiger partial charge in [0.15, 0.2) is 0 Å². The molecule has 0 amide bonds. The average molecular weight is 375 g/mol. The normalized spacial score (nSPS) is 18.5. The molecule has 0 N–H and O–H groups in total. The molecule has 0 saturated carbocycles. The third kappa shape index (κ3) is 2.54. The van der Waals surface area contributed by atoms with Gasteiger partial charge in [-0.05, 0) is 17.2 Å². The van der Waals surface area contributed by atoms with E-state index in [1.807, 2.05) is 0 Å². The Morgan fingerprint density at radius 2 is 1.78 bits per heavy atom. The molecule has 120 valence electrons. The van der Waals surface area contributed by atoms with Crippen LogP contribution in [0.25, 0.3) is 11.1 Å². The van der Waals surface area contributed by atoms with Crippen molar-refractivity contribution in [3.05, 3.63) is 54.1 Å². The number of esters is 1. The molecule has 2 aliphatic rings. The lowest BCUT2D eigenvalue weighted by Gasteiger charge is -2.38. The zero-order valence-electron chi connectivity index (χ0n) is 12.9. The lowest BCUT2D eigenvalue weighted by Crippen LogP contribution is -2.36. The van der Waals surface area contributed by atoms with Gasteiger partial charge < -0.3 is 9.64 Å². The van der Waals surface area contributed by atoms with Crippen LogP contribution in [0, 0.1) is 0 Å². The van der Waals surface area contributed by atoms with Crippen molar-refractivity contribution in [1.29, 1.82) is 0 Å². The molecular formula is C18H19BrN2O2. The number of carbonyl (C=O) groups excluding carboxylic acids is 1. The summed E-state index contributed by atoms with van der Waals surface area (Å²) in [4.78, 5) is 16.3. The van der Waals surface area contributed by atoms with Crippen molar-refractivity contribution in [3.8, 4) is 11.1 Å². The van der Waals surface area contributed by atoms with E-state index in [0.717, 1.165) is 13.1 Å². The minimum Gasteiger partial charge on any atom is -0.468 e. The molecule has 2 aliphatic heterocycles. The zero-order valence-corrected chi connectivity index (χ0v) is 14.6. The highest BCUT2D eigenvalue weighted by Crippen LogP contribution is 2.47. The molecule has 0 aromatic heterocycles. The molecule has 0 radical (unpaired) electrons. The molecule has 1 saturated heterocycles. The third-order valence-corrected chi connectivity index (χ3v) is 4.57. The number of ether oxygens (including phenoxy) is 1. The Morgan fingerprint density at radius 1 is 1.09 bits per heavy atom. The van der Waals surface area contributed by atoms with Crippen LogP contribution < -0.4 is 4.90 Å². The number of rotatable bonds is 2. The van der Waals surface area contributed by atoms with Crippen molar-refractivity contribution in [2.75, 3.05) is 31.6 Å². The number of halogens is 1. The van der Waals surface area contributed by atoms with Gasteiger partial charge >= 0.3 is 5.97 Å². The average Bonchev–Trinajstić information content (AvgIpc) is 2.99. The molecule has 23 heavy (non-hydrogen) atoms. The smallest absolute Gasteiger partial charge is 0.319 e. The molecule has 5 heteroatoms. The highest BCUT2D eigenvalue weighted by Gasteiger charge is 2.39. The minimum absolute atomic E-state index is 0. The Kier molecular flexibility index (Phi) is 4.41. The Labute approximate surface area is 146 Å². The van der Waals surface area contributed by atoms with Crippen molar-refractivity contribution in [2.45, 2.75) is 6.17 Å². The molecule has 1 unspecified atom stereocenters. The molecular weight excluding hydrogens is 356 g/mol. The van der Waals surface area contributed by atoms with Crippen LogP contribution in [0.4, 0.5) is 5.69 Å². The van der Waals surface area contributed by atoms with Gasteiger partial charge in [0.1, 0.15) is 6.17 Å². The highest BCUT2D eigenvalue weighted by molar-refractivity contribution is 8.93. The van der Waals surface area contributed by atoms with E-state index in [4.69, 9.17) is 4.74 Å². The number of nitrogens with zero attached hydrogens (tertiary/aromatic N) is 2. The van der Waals surface area contributed by atoms with Crippen LogP contribution in [0.15, 0.2) is 48.5 Å². The molecule has 0 bridgehead atoms. The summed E-state index contributed by atoms with van der Waals surface area (Å²) in [5.41, 5.74) is 5.05. The van der Waals surface area contributed by atoms with Gasteiger partial charge in [-0.1, -0.05) is 42.5 Å². The summed E-state index contributed by atoms with van der Waals surface area (Å²) in [6, 6.07) is 17.0. The second-order valence-corrected chi connectivity index (χ2v) is 5.72. The van der Waals surface area contributed by atoms with Gasteiger partial charge in [0, 0.05) is 24.3 Å². The summed E-state index contributed by atoms with van der Waals surface area (Å²) in [6.07, 6.45) is 0.116. The predicted molar refractivity (Wildman–Crippen MR) is 95.9 cm³/mol. The second-order valence-electron chi connectivity index (χ2n) is 5.72. The molecule has 2 heterocycles. The second kappa shape index (κ2) is 6.34. The fourth-order valence-corrected chi connectivity index (χ4v) is 3.61. The summed E-state index contributed by atoms with van der Waals surface area (Å²) >= 11 is 0. The van der Waals surface area contributed by atoms with E-state index in [1.54, 1.807) is 0 Å². The van der Waals surface area contributed by atoms with Crippen LogP contribution in [-0.2, 0) is 9.53 Å². The van der Waals surface area contributed by atoms with Crippen molar-refractivity contribution < 1.29 is 9.53 Å². The Balaban J connectivity index is 0.00000156. The predicted octanol–water partition coefficient (Wildman–Crippen LogP) is 3.24. The fraction of sp³-hybridized carbons (Fsp3) is 0.278. The minimum atomic E-state index is -0.182. The van der Waals surface area contributed by atoms with E-state index in [2.05, 4.69) is 58.3 Å². The lowest BCUT2D eigenvalue weighted by atomic mass is 9.91. The molecule has 1 atom stereocenters. The van der Waals surface area contributed by atoms with Crippen LogP contribution in [0.3, 0.4) is 0 Å². The number of hydrogen-bond acceptors (Lipinski definition) is 4. The Morgan fingerprint density at radius 3 is 2.57 bits per heavy atom. The molecule has 2 aromatic rings. The number of hydrogen-bond donors (Lipinski definition) is 0. The number of anilines is 1. The van der Waals surface area contributed by atoms with Gasteiger partial charge in [-0.2, -0.15) is 0 Å². The van der Waals surface area contributed by atoms with Crippen LogP contribution in [0.5, 0.6) is 0 Å². The van der Waals surface area contributed by atoms with Gasteiger partial charge in [0.25, 0.3) is 0 Å². The summed E-state index contributed by atoms with van der Waals surface area (Å²) < 4.78 is 4.85. The monoisotopic (exact) mass is 374 g/mol. The van der Waals surface area contributed by atoms with Crippen molar-refractivity contribution >= 4 is 28.6 Å². The first-order valence-electron chi connectivity index (χ1n) is 7.55. The maximum atomic E-state index is 11.7. The molecule has 0 spiro atoms. The maximum Gasteiger partial charge on any atom is 0.319 e. The lowest BCUT2D eigenvalue weighted by molar-refractivity contribution is -0.142. The standard InChI is InChI=1S/C18H18N2O2.BrH/c1-22-17(21)12-19-10-11-20-16-9-5-4-7-14(16)13-6-2-3-8-15(13)18(19)20;/h2-9,18H,10-12H2,1H3;1H. The van der Waals surface area contributed by atoms with E-state index < -0.39 is 0 Å². The highest BCUT2D eigenvalue weighted by atomic mass is 79.9. The maximum absolute atomic E-state index is 11.7. The van der Waals surface area contributed by atoms with Gasteiger partial charge in [0.05, 0.1) is 13.7 Å². The number of benzene rings is 2. The van der Waals surface area contributed by atoms with Crippen molar-refractivity contribution in [2.24, 2.45) is 0 Å². The molecule has 0 aliphatic carbocycles. The van der Waals surface area contributed by atoms with E-state index >= 15 is 0 Å². The van der Waals surface area contributed by atoms with Crippen LogP contribution >= 0.6 is 17.0 Å². The van der Waals surface area contributed by atoms with Gasteiger partial charge in [-0.15, -0.1) is 17.0 Å². The summed E-state index contributed by atoms with van der Waals surface area (Å²) in [5, 5.41) is 0. The number of fused-ring (bicyclic) bond motifs is 6. The Hall–Kier alpha value is -1.85. The molecule has 1 fully saturated rings. The first-order valence-corrected chi connectivity index (χ1v) is 7.55. The van der Waals surface area contributed by atoms with E-state index in [0.29, 0.717) is 6.54 Å². The third-order valence-electron chi connectivity index (χ3n) is 4.57. The summed E-state index contributed by atoms with van der Waals surface area (Å²) in [7, 11) is 1.44. The first-order chi connectivity index (χ1) is 10.8. The van der Waals surface area contributed by atoms with Crippen LogP contribution in [0.2, 0.25) is 0 Å². The quantitative estimate of drug-likeness (QED) is 0.755. The zero-order chi connectivity index (χ0) is 15.1. The van der Waals surface area contributed by atoms with Gasteiger partial charge in [0.2, 0.25) is 0 Å². The van der Waals surface area contributed by atoms with E-state index in [1.165, 1.54) is 29.5 Å².